The Labute approximate surface area is 149 Å². The Balaban J connectivity index is 1.74. The molecular formula is C18H18N2O6. The molecule has 1 N–H and O–H groups in total. The molecule has 2 aromatic rings. The molecule has 8 nitrogen and oxygen atoms in total. The van der Waals surface area contributed by atoms with Gasteiger partial charge >= 0.3 is 5.97 Å². The molecule has 136 valence electrons. The van der Waals surface area contributed by atoms with E-state index in [-0.39, 0.29) is 24.4 Å². The van der Waals surface area contributed by atoms with Gasteiger partial charge in [-0.1, -0.05) is 24.3 Å². The van der Waals surface area contributed by atoms with Crippen molar-refractivity contribution >= 4 is 17.6 Å². The van der Waals surface area contributed by atoms with Gasteiger partial charge in [0.25, 0.3) is 11.6 Å². The second-order valence-electron chi connectivity index (χ2n) is 5.35. The van der Waals surface area contributed by atoms with Gasteiger partial charge in [-0.05, 0) is 25.1 Å². The number of para-hydroxylation sites is 1. The monoisotopic (exact) mass is 358 g/mol. The number of nitrogens with zero attached hydrogens (tertiary/aromatic N) is 1. The number of hydrogen-bond donors (Lipinski definition) is 1. The second-order valence-corrected chi connectivity index (χ2v) is 5.35. The van der Waals surface area contributed by atoms with Gasteiger partial charge in [0.15, 0.2) is 6.61 Å². The van der Waals surface area contributed by atoms with Crippen LogP contribution >= 0.6 is 0 Å². The van der Waals surface area contributed by atoms with Crippen molar-refractivity contribution < 1.29 is 24.0 Å². The lowest BCUT2D eigenvalue weighted by Crippen LogP contribution is -2.32. The summed E-state index contributed by atoms with van der Waals surface area (Å²) in [5.74, 6) is -0.602. The van der Waals surface area contributed by atoms with E-state index in [0.29, 0.717) is 11.3 Å². The van der Waals surface area contributed by atoms with E-state index in [1.807, 2.05) is 18.2 Å². The van der Waals surface area contributed by atoms with E-state index in [1.165, 1.54) is 12.1 Å². The molecule has 2 rings (SSSR count). The van der Waals surface area contributed by atoms with Crippen LogP contribution in [0.3, 0.4) is 0 Å². The fourth-order valence-electron chi connectivity index (χ4n) is 2.07. The molecule has 0 atom stereocenters. The molecule has 0 unspecified atom stereocenters. The summed E-state index contributed by atoms with van der Waals surface area (Å²) in [6.07, 6.45) is 0. The summed E-state index contributed by atoms with van der Waals surface area (Å²) in [5.41, 5.74) is 0.271. The van der Waals surface area contributed by atoms with Gasteiger partial charge in [0.2, 0.25) is 0 Å². The summed E-state index contributed by atoms with van der Waals surface area (Å²) < 4.78 is 10.3. The smallest absolute Gasteiger partial charge is 0.338 e. The number of ether oxygens (including phenoxy) is 2. The van der Waals surface area contributed by atoms with Crippen LogP contribution in [0.25, 0.3) is 0 Å². The lowest BCUT2D eigenvalue weighted by molar-refractivity contribution is -0.385. The summed E-state index contributed by atoms with van der Waals surface area (Å²) in [7, 11) is 0. The third kappa shape index (κ3) is 5.59. The molecular weight excluding hydrogens is 340 g/mol. The molecule has 0 aliphatic rings. The summed E-state index contributed by atoms with van der Waals surface area (Å²) in [6, 6.07) is 13.1. The number of amides is 1. The van der Waals surface area contributed by atoms with Crippen LogP contribution in [0.5, 0.6) is 5.75 Å². The Bertz CT molecular complexity index is 792. The highest BCUT2D eigenvalue weighted by atomic mass is 16.6. The fourth-order valence-corrected chi connectivity index (χ4v) is 2.07. The minimum Gasteiger partial charge on any atom is -0.492 e. The maximum Gasteiger partial charge on any atom is 0.338 e. The zero-order valence-corrected chi connectivity index (χ0v) is 14.1. The fraction of sp³-hybridized carbons (Fsp3) is 0.222. The maximum absolute atomic E-state index is 11.9. The minimum absolute atomic E-state index is 0.0162. The van der Waals surface area contributed by atoms with Crippen molar-refractivity contribution in [1.29, 1.82) is 0 Å². The van der Waals surface area contributed by atoms with Gasteiger partial charge in [0.05, 0.1) is 17.0 Å². The first-order valence-electron chi connectivity index (χ1n) is 7.84. The summed E-state index contributed by atoms with van der Waals surface area (Å²) in [4.78, 5) is 33.9. The summed E-state index contributed by atoms with van der Waals surface area (Å²) in [6.45, 7) is 1.61. The van der Waals surface area contributed by atoms with E-state index in [2.05, 4.69) is 5.32 Å². The quantitative estimate of drug-likeness (QED) is 0.336. The van der Waals surface area contributed by atoms with Crippen LogP contribution in [0.2, 0.25) is 0 Å². The highest BCUT2D eigenvalue weighted by Gasteiger charge is 2.16. The molecule has 0 radical (unpaired) electrons. The SMILES string of the molecule is Cc1ccc(C(=O)OCC(=O)NCCOc2ccccc2)cc1[N+](=O)[O-]. The van der Waals surface area contributed by atoms with Gasteiger partial charge < -0.3 is 14.8 Å². The number of carbonyl (C=O) groups is 2. The highest BCUT2D eigenvalue weighted by molar-refractivity contribution is 5.92. The van der Waals surface area contributed by atoms with E-state index >= 15 is 0 Å². The number of esters is 1. The molecule has 2 aromatic carbocycles. The summed E-state index contributed by atoms with van der Waals surface area (Å²) >= 11 is 0. The first-order valence-corrected chi connectivity index (χ1v) is 7.84. The minimum atomic E-state index is -0.802. The van der Waals surface area contributed by atoms with Crippen LogP contribution < -0.4 is 10.1 Å². The van der Waals surface area contributed by atoms with E-state index in [4.69, 9.17) is 9.47 Å². The molecule has 0 aliphatic heterocycles. The van der Waals surface area contributed by atoms with Crippen molar-refractivity contribution in [2.45, 2.75) is 6.92 Å². The van der Waals surface area contributed by atoms with E-state index < -0.39 is 23.4 Å². The normalized spacial score (nSPS) is 10.0. The Hall–Kier alpha value is -3.42. The van der Waals surface area contributed by atoms with E-state index in [1.54, 1.807) is 19.1 Å². The van der Waals surface area contributed by atoms with Gasteiger partial charge in [-0.15, -0.1) is 0 Å². The predicted molar refractivity (Wildman–Crippen MR) is 93.1 cm³/mol. The molecule has 1 amide bonds. The number of carbonyl (C=O) groups excluding carboxylic acids is 2. The molecule has 0 saturated heterocycles. The number of nitro benzene ring substituents is 1. The van der Waals surface area contributed by atoms with Crippen LogP contribution in [0.4, 0.5) is 5.69 Å². The van der Waals surface area contributed by atoms with Gasteiger partial charge in [0.1, 0.15) is 12.4 Å². The van der Waals surface area contributed by atoms with Crippen LogP contribution in [-0.4, -0.2) is 36.6 Å². The Morgan fingerprint density at radius 2 is 1.88 bits per heavy atom. The zero-order chi connectivity index (χ0) is 18.9. The van der Waals surface area contributed by atoms with Crippen LogP contribution in [-0.2, 0) is 9.53 Å². The molecule has 0 saturated carbocycles. The molecule has 0 heterocycles. The van der Waals surface area contributed by atoms with Crippen molar-refractivity contribution in [3.63, 3.8) is 0 Å². The first-order chi connectivity index (χ1) is 12.5. The number of rotatable bonds is 8. The van der Waals surface area contributed by atoms with Crippen LogP contribution in [0, 0.1) is 17.0 Å². The van der Waals surface area contributed by atoms with Gasteiger partial charge in [-0.2, -0.15) is 0 Å². The van der Waals surface area contributed by atoms with E-state index in [0.717, 1.165) is 6.07 Å². The van der Waals surface area contributed by atoms with Crippen LogP contribution in [0.15, 0.2) is 48.5 Å². The van der Waals surface area contributed by atoms with Gasteiger partial charge in [0, 0.05) is 11.6 Å². The molecule has 0 bridgehead atoms. The molecule has 26 heavy (non-hydrogen) atoms. The molecule has 0 aliphatic carbocycles. The first kappa shape index (κ1) is 18.9. The lowest BCUT2D eigenvalue weighted by atomic mass is 10.1. The zero-order valence-electron chi connectivity index (χ0n) is 14.1. The number of aryl methyl sites for hydroxylation is 1. The topological polar surface area (TPSA) is 108 Å². The Morgan fingerprint density at radius 3 is 2.58 bits per heavy atom. The Morgan fingerprint density at radius 1 is 1.15 bits per heavy atom. The van der Waals surface area contributed by atoms with Gasteiger partial charge in [-0.3, -0.25) is 14.9 Å². The highest BCUT2D eigenvalue weighted by Crippen LogP contribution is 2.19. The Kier molecular flexibility index (Phi) is 6.67. The second kappa shape index (κ2) is 9.16. The number of benzene rings is 2. The molecule has 0 aromatic heterocycles. The molecule has 0 spiro atoms. The predicted octanol–water partition coefficient (Wildman–Crippen LogP) is 2.26. The largest absolute Gasteiger partial charge is 0.492 e. The average Bonchev–Trinajstić information content (AvgIpc) is 2.64. The number of nitro groups is 1. The lowest BCUT2D eigenvalue weighted by Gasteiger charge is -2.08. The van der Waals surface area contributed by atoms with E-state index in [9.17, 15) is 19.7 Å². The number of nitrogens with one attached hydrogen (secondary N) is 1. The van der Waals surface area contributed by atoms with Crippen LogP contribution in [0.1, 0.15) is 15.9 Å². The third-order valence-electron chi connectivity index (χ3n) is 3.41. The van der Waals surface area contributed by atoms with Crippen molar-refractivity contribution in [3.8, 4) is 5.75 Å². The van der Waals surface area contributed by atoms with Crippen molar-refractivity contribution in [2.24, 2.45) is 0 Å². The maximum atomic E-state index is 11.9. The molecule has 8 heteroatoms. The number of hydrogen-bond acceptors (Lipinski definition) is 6. The van der Waals surface area contributed by atoms with Crippen molar-refractivity contribution in [1.82, 2.24) is 5.32 Å². The average molecular weight is 358 g/mol. The molecule has 0 fully saturated rings. The standard InChI is InChI=1S/C18H18N2O6/c1-13-7-8-14(11-16(13)20(23)24)18(22)26-12-17(21)19-9-10-25-15-5-3-2-4-6-15/h2-8,11H,9-10,12H2,1H3,(H,19,21). The summed E-state index contributed by atoms with van der Waals surface area (Å²) in [5, 5.41) is 13.4. The third-order valence-corrected chi connectivity index (χ3v) is 3.41. The van der Waals surface area contributed by atoms with Crippen molar-refractivity contribution in [3.05, 3.63) is 69.8 Å². The van der Waals surface area contributed by atoms with Gasteiger partial charge in [-0.25, -0.2) is 4.79 Å². The van der Waals surface area contributed by atoms with Crippen molar-refractivity contribution in [2.75, 3.05) is 19.8 Å².